The summed E-state index contributed by atoms with van der Waals surface area (Å²) in [4.78, 5) is 29.6. The van der Waals surface area contributed by atoms with Gasteiger partial charge in [0.15, 0.2) is 0 Å². The van der Waals surface area contributed by atoms with Crippen LogP contribution in [0.1, 0.15) is 27.8 Å². The molecule has 2 amide bonds. The summed E-state index contributed by atoms with van der Waals surface area (Å²) in [7, 11) is 1.59. The van der Waals surface area contributed by atoms with E-state index in [1.54, 1.807) is 42.5 Å². The van der Waals surface area contributed by atoms with E-state index in [1.807, 2.05) is 60.0 Å². The molecule has 0 aliphatic heterocycles. The lowest BCUT2D eigenvalue weighted by Gasteiger charge is -2.31. The van der Waals surface area contributed by atoms with Crippen molar-refractivity contribution < 1.29 is 18.7 Å². The summed E-state index contributed by atoms with van der Waals surface area (Å²) in [5.41, 5.74) is 1.67. The van der Waals surface area contributed by atoms with E-state index >= 15 is 0 Å². The van der Waals surface area contributed by atoms with Crippen molar-refractivity contribution in [3.05, 3.63) is 112 Å². The van der Waals surface area contributed by atoms with E-state index in [9.17, 15) is 9.59 Å². The molecule has 0 aliphatic carbocycles. The first-order valence-electron chi connectivity index (χ1n) is 10.9. The molecule has 1 N–H and O–H groups in total. The molecule has 0 fully saturated rings. The first-order chi connectivity index (χ1) is 16.6. The summed E-state index contributed by atoms with van der Waals surface area (Å²) in [5, 5.41) is 4.95. The quantitative estimate of drug-likeness (QED) is 0.352. The van der Waals surface area contributed by atoms with Gasteiger partial charge in [-0.2, -0.15) is 0 Å². The van der Waals surface area contributed by atoms with Crippen LogP contribution in [0.3, 0.4) is 0 Å². The second kappa shape index (κ2) is 11.3. The van der Waals surface area contributed by atoms with Gasteiger partial charge in [0.25, 0.3) is 0 Å². The minimum atomic E-state index is -0.841. The molecule has 7 heteroatoms. The van der Waals surface area contributed by atoms with Crippen molar-refractivity contribution in [3.8, 4) is 5.75 Å². The fourth-order valence-corrected chi connectivity index (χ4v) is 4.39. The Bertz CT molecular complexity index is 1170. The lowest BCUT2D eigenvalue weighted by Crippen LogP contribution is -2.43. The molecule has 1 atom stereocenters. The van der Waals surface area contributed by atoms with Gasteiger partial charge in [-0.15, -0.1) is 11.3 Å². The number of carbonyl (C=O) groups excluding carboxylic acids is 2. The fraction of sp³-hybridized carbons (Fsp3) is 0.185. The maximum Gasteiger partial charge on any atom is 0.247 e. The standard InChI is InChI=1S/C27H26N2O4S/c1-32-22-13-11-21(12-14-22)26(27(31)28-18-20-7-3-2-4-8-20)29(19-23-9-5-15-33-23)25(30)17-24-10-6-16-34-24/h2-16,26H,17-19H2,1H3,(H,28,31). The first kappa shape index (κ1) is 23.3. The van der Waals surface area contributed by atoms with Gasteiger partial charge in [-0.25, -0.2) is 0 Å². The number of thiophene rings is 1. The minimum Gasteiger partial charge on any atom is -0.497 e. The van der Waals surface area contributed by atoms with Gasteiger partial charge < -0.3 is 19.4 Å². The Morgan fingerprint density at radius 2 is 1.79 bits per heavy atom. The topological polar surface area (TPSA) is 71.8 Å². The van der Waals surface area contributed by atoms with Gasteiger partial charge in [0, 0.05) is 11.4 Å². The average molecular weight is 475 g/mol. The number of hydrogen-bond donors (Lipinski definition) is 1. The van der Waals surface area contributed by atoms with Crippen LogP contribution in [0.15, 0.2) is 94.9 Å². The molecule has 2 aromatic carbocycles. The molecular weight excluding hydrogens is 448 g/mol. The zero-order valence-electron chi connectivity index (χ0n) is 18.8. The molecule has 4 aromatic rings. The first-order valence-corrected chi connectivity index (χ1v) is 11.8. The van der Waals surface area contributed by atoms with E-state index in [0.717, 1.165) is 10.4 Å². The number of rotatable bonds is 10. The highest BCUT2D eigenvalue weighted by Crippen LogP contribution is 2.27. The predicted molar refractivity (Wildman–Crippen MR) is 131 cm³/mol. The van der Waals surface area contributed by atoms with Crippen LogP contribution in [0.4, 0.5) is 0 Å². The summed E-state index contributed by atoms with van der Waals surface area (Å²) >= 11 is 1.52. The third kappa shape index (κ3) is 5.94. The highest BCUT2D eigenvalue weighted by atomic mass is 32.1. The molecule has 1 unspecified atom stereocenters. The fourth-order valence-electron chi connectivity index (χ4n) is 3.70. The normalized spacial score (nSPS) is 11.6. The highest BCUT2D eigenvalue weighted by molar-refractivity contribution is 7.10. The van der Waals surface area contributed by atoms with Crippen LogP contribution in [0.2, 0.25) is 0 Å². The maximum atomic E-state index is 13.6. The Morgan fingerprint density at radius 3 is 2.44 bits per heavy atom. The van der Waals surface area contributed by atoms with Crippen molar-refractivity contribution in [3.63, 3.8) is 0 Å². The van der Waals surface area contributed by atoms with Gasteiger partial charge in [0.2, 0.25) is 11.8 Å². The SMILES string of the molecule is COc1ccc(C(C(=O)NCc2ccccc2)N(Cc2ccco2)C(=O)Cc2cccs2)cc1. The van der Waals surface area contributed by atoms with E-state index in [-0.39, 0.29) is 24.8 Å². The Morgan fingerprint density at radius 1 is 1.00 bits per heavy atom. The summed E-state index contributed by atoms with van der Waals surface area (Å²) in [6, 6.07) is 23.5. The van der Waals surface area contributed by atoms with Crippen molar-refractivity contribution >= 4 is 23.2 Å². The maximum absolute atomic E-state index is 13.6. The Hall–Kier alpha value is -3.84. The van der Waals surface area contributed by atoms with Crippen molar-refractivity contribution in [2.75, 3.05) is 7.11 Å². The highest BCUT2D eigenvalue weighted by Gasteiger charge is 2.32. The summed E-state index contributed by atoms with van der Waals surface area (Å²) in [6.45, 7) is 0.534. The molecular formula is C27H26N2O4S. The van der Waals surface area contributed by atoms with E-state index < -0.39 is 6.04 Å². The molecule has 0 bridgehead atoms. The molecule has 2 heterocycles. The van der Waals surface area contributed by atoms with Gasteiger partial charge in [-0.05, 0) is 46.8 Å². The van der Waals surface area contributed by atoms with E-state index in [4.69, 9.17) is 9.15 Å². The Kier molecular flexibility index (Phi) is 7.78. The van der Waals surface area contributed by atoms with Crippen LogP contribution in [0.5, 0.6) is 5.75 Å². The lowest BCUT2D eigenvalue weighted by molar-refractivity contribution is -0.141. The second-order valence-corrected chi connectivity index (χ2v) is 8.77. The summed E-state index contributed by atoms with van der Waals surface area (Å²) < 4.78 is 10.8. The number of ether oxygens (including phenoxy) is 1. The smallest absolute Gasteiger partial charge is 0.247 e. The van der Waals surface area contributed by atoms with Crippen LogP contribution in [-0.2, 0) is 29.1 Å². The number of benzene rings is 2. The minimum absolute atomic E-state index is 0.158. The van der Waals surface area contributed by atoms with E-state index in [0.29, 0.717) is 23.6 Å². The van der Waals surface area contributed by atoms with Crippen LogP contribution >= 0.6 is 11.3 Å². The molecule has 0 saturated heterocycles. The van der Waals surface area contributed by atoms with Crippen molar-refractivity contribution in [1.29, 1.82) is 0 Å². The van der Waals surface area contributed by atoms with Crippen LogP contribution in [-0.4, -0.2) is 23.8 Å². The van der Waals surface area contributed by atoms with Crippen molar-refractivity contribution in [1.82, 2.24) is 10.2 Å². The average Bonchev–Trinajstić information content (AvgIpc) is 3.58. The zero-order valence-corrected chi connectivity index (χ0v) is 19.7. The van der Waals surface area contributed by atoms with Gasteiger partial charge in [-0.3, -0.25) is 9.59 Å². The molecule has 0 aliphatic rings. The van der Waals surface area contributed by atoms with Crippen LogP contribution in [0.25, 0.3) is 0 Å². The third-order valence-electron chi connectivity index (χ3n) is 5.43. The monoisotopic (exact) mass is 474 g/mol. The molecule has 0 saturated carbocycles. The van der Waals surface area contributed by atoms with E-state index in [2.05, 4.69) is 5.32 Å². The predicted octanol–water partition coefficient (Wildman–Crippen LogP) is 4.98. The molecule has 0 spiro atoms. The summed E-state index contributed by atoms with van der Waals surface area (Å²) in [5.74, 6) is 0.859. The largest absolute Gasteiger partial charge is 0.497 e. The molecule has 2 aromatic heterocycles. The van der Waals surface area contributed by atoms with Gasteiger partial charge in [0.05, 0.1) is 26.3 Å². The number of nitrogens with one attached hydrogen (secondary N) is 1. The van der Waals surface area contributed by atoms with Gasteiger partial charge >= 0.3 is 0 Å². The summed E-state index contributed by atoms with van der Waals surface area (Å²) in [6.07, 6.45) is 1.77. The molecule has 0 radical (unpaired) electrons. The van der Waals surface area contributed by atoms with Gasteiger partial charge in [-0.1, -0.05) is 48.5 Å². The van der Waals surface area contributed by atoms with Crippen LogP contribution < -0.4 is 10.1 Å². The zero-order chi connectivity index (χ0) is 23.8. The molecule has 34 heavy (non-hydrogen) atoms. The Labute approximate surface area is 202 Å². The third-order valence-corrected chi connectivity index (χ3v) is 6.31. The number of hydrogen-bond acceptors (Lipinski definition) is 5. The van der Waals surface area contributed by atoms with E-state index in [1.165, 1.54) is 11.3 Å². The second-order valence-electron chi connectivity index (χ2n) is 7.74. The number of nitrogens with zero attached hydrogens (tertiary/aromatic N) is 1. The van der Waals surface area contributed by atoms with Crippen molar-refractivity contribution in [2.24, 2.45) is 0 Å². The number of amides is 2. The lowest BCUT2D eigenvalue weighted by atomic mass is 10.0. The van der Waals surface area contributed by atoms with Crippen molar-refractivity contribution in [2.45, 2.75) is 25.6 Å². The number of carbonyl (C=O) groups is 2. The molecule has 4 rings (SSSR count). The number of furan rings is 1. The Balaban J connectivity index is 1.66. The number of methoxy groups -OCH3 is 1. The molecule has 6 nitrogen and oxygen atoms in total. The van der Waals surface area contributed by atoms with Crippen LogP contribution in [0, 0.1) is 0 Å². The van der Waals surface area contributed by atoms with Gasteiger partial charge in [0.1, 0.15) is 17.6 Å². The molecule has 174 valence electrons.